The van der Waals surface area contributed by atoms with Crippen molar-refractivity contribution in [2.45, 2.75) is 19.8 Å². The third kappa shape index (κ3) is 4.76. The van der Waals surface area contributed by atoms with Gasteiger partial charge in [-0.2, -0.15) is 0 Å². The fourth-order valence-corrected chi connectivity index (χ4v) is 2.10. The van der Waals surface area contributed by atoms with Crippen molar-refractivity contribution in [3.8, 4) is 0 Å². The zero-order valence-electron chi connectivity index (χ0n) is 10.7. The zero-order chi connectivity index (χ0) is 14.4. The second-order valence-electron chi connectivity index (χ2n) is 4.16. The number of carbonyl (C=O) groups is 1. The summed E-state index contributed by atoms with van der Waals surface area (Å²) in [6.45, 7) is 2.67. The van der Waals surface area contributed by atoms with Gasteiger partial charge >= 0.3 is 0 Å². The van der Waals surface area contributed by atoms with Crippen molar-refractivity contribution in [2.75, 3.05) is 13.1 Å². The third-order valence-corrected chi connectivity index (χ3v) is 3.07. The summed E-state index contributed by atoms with van der Waals surface area (Å²) in [5.74, 6) is -0.714. The zero-order valence-corrected chi connectivity index (χ0v) is 12.2. The minimum Gasteiger partial charge on any atom is -0.392 e. The largest absolute Gasteiger partial charge is 0.392 e. The molecule has 19 heavy (non-hydrogen) atoms. The number of hydrogen-bond acceptors (Lipinski definition) is 2. The minimum atomic E-state index is -0.479. The summed E-state index contributed by atoms with van der Waals surface area (Å²) in [4.78, 5) is 13.9. The SMILES string of the molecule is CCCN(CC(N)=S)C(=O)Cc1c(F)cccc1Cl. The van der Waals surface area contributed by atoms with Crippen LogP contribution in [-0.2, 0) is 11.2 Å². The van der Waals surface area contributed by atoms with Crippen LogP contribution in [0.3, 0.4) is 0 Å². The lowest BCUT2D eigenvalue weighted by molar-refractivity contribution is -0.129. The van der Waals surface area contributed by atoms with Gasteiger partial charge in [-0.3, -0.25) is 4.79 Å². The maximum atomic E-state index is 13.6. The summed E-state index contributed by atoms with van der Waals surface area (Å²) in [6, 6.07) is 4.35. The quantitative estimate of drug-likeness (QED) is 0.822. The van der Waals surface area contributed by atoms with Gasteiger partial charge in [0.1, 0.15) is 5.82 Å². The monoisotopic (exact) mass is 302 g/mol. The second-order valence-corrected chi connectivity index (χ2v) is 5.09. The topological polar surface area (TPSA) is 46.3 Å². The molecule has 0 radical (unpaired) electrons. The first-order valence-electron chi connectivity index (χ1n) is 5.94. The maximum absolute atomic E-state index is 13.6. The molecule has 2 N–H and O–H groups in total. The van der Waals surface area contributed by atoms with Gasteiger partial charge in [0.15, 0.2) is 0 Å². The van der Waals surface area contributed by atoms with Crippen LogP contribution in [0.5, 0.6) is 0 Å². The molecule has 0 aliphatic heterocycles. The summed E-state index contributed by atoms with van der Waals surface area (Å²) in [5.41, 5.74) is 5.66. The van der Waals surface area contributed by atoms with Gasteiger partial charge in [-0.25, -0.2) is 4.39 Å². The van der Waals surface area contributed by atoms with Gasteiger partial charge in [-0.1, -0.05) is 36.8 Å². The highest BCUT2D eigenvalue weighted by molar-refractivity contribution is 7.80. The Balaban J connectivity index is 2.84. The van der Waals surface area contributed by atoms with Crippen molar-refractivity contribution in [3.05, 3.63) is 34.6 Å². The van der Waals surface area contributed by atoms with Crippen molar-refractivity contribution < 1.29 is 9.18 Å². The number of amides is 1. The molecule has 1 rings (SSSR count). The summed E-state index contributed by atoms with van der Waals surface area (Å²) < 4.78 is 13.6. The van der Waals surface area contributed by atoms with E-state index in [1.807, 2.05) is 6.92 Å². The Morgan fingerprint density at radius 2 is 2.21 bits per heavy atom. The normalized spacial score (nSPS) is 10.3. The number of halogens is 2. The Hall–Kier alpha value is -1.20. The molecule has 0 saturated heterocycles. The average molecular weight is 303 g/mol. The Morgan fingerprint density at radius 3 is 2.74 bits per heavy atom. The number of hydrogen-bond donors (Lipinski definition) is 1. The lowest BCUT2D eigenvalue weighted by Gasteiger charge is -2.21. The van der Waals surface area contributed by atoms with Crippen LogP contribution >= 0.6 is 23.8 Å². The Morgan fingerprint density at radius 1 is 1.53 bits per heavy atom. The van der Waals surface area contributed by atoms with E-state index in [4.69, 9.17) is 29.6 Å². The molecule has 1 aromatic carbocycles. The summed E-state index contributed by atoms with van der Waals surface area (Å²) >= 11 is 10.7. The van der Waals surface area contributed by atoms with Crippen molar-refractivity contribution in [1.82, 2.24) is 4.90 Å². The Kier molecular flexibility index (Phi) is 6.18. The number of rotatable bonds is 6. The van der Waals surface area contributed by atoms with Crippen molar-refractivity contribution >= 4 is 34.7 Å². The molecular formula is C13H16ClFN2OS. The van der Waals surface area contributed by atoms with E-state index in [0.717, 1.165) is 6.42 Å². The van der Waals surface area contributed by atoms with Crippen LogP contribution in [0.25, 0.3) is 0 Å². The second kappa shape index (κ2) is 7.40. The molecule has 3 nitrogen and oxygen atoms in total. The molecule has 0 bridgehead atoms. The molecule has 0 spiro atoms. The number of nitrogens with zero attached hydrogens (tertiary/aromatic N) is 1. The van der Waals surface area contributed by atoms with Crippen LogP contribution in [0, 0.1) is 5.82 Å². The van der Waals surface area contributed by atoms with E-state index in [-0.39, 0.29) is 34.4 Å². The Labute approximate surface area is 122 Å². The smallest absolute Gasteiger partial charge is 0.227 e. The van der Waals surface area contributed by atoms with E-state index in [1.165, 1.54) is 17.0 Å². The van der Waals surface area contributed by atoms with Crippen LogP contribution in [0.4, 0.5) is 4.39 Å². The number of nitrogens with two attached hydrogens (primary N) is 1. The molecule has 0 aliphatic carbocycles. The molecule has 104 valence electrons. The predicted octanol–water partition coefficient (Wildman–Crippen LogP) is 2.55. The van der Waals surface area contributed by atoms with E-state index in [2.05, 4.69) is 0 Å². The van der Waals surface area contributed by atoms with E-state index < -0.39 is 5.82 Å². The highest BCUT2D eigenvalue weighted by Gasteiger charge is 2.17. The standard InChI is InChI=1S/C13H16ClFN2OS/c1-2-6-17(8-12(16)19)13(18)7-9-10(14)4-3-5-11(9)15/h3-5H,2,6-8H2,1H3,(H2,16,19). The number of benzene rings is 1. The molecule has 0 aromatic heterocycles. The highest BCUT2D eigenvalue weighted by Crippen LogP contribution is 2.20. The van der Waals surface area contributed by atoms with Gasteiger partial charge in [0, 0.05) is 17.1 Å². The molecule has 0 fully saturated rings. The summed E-state index contributed by atoms with van der Waals surface area (Å²) in [5, 5.41) is 0.250. The van der Waals surface area contributed by atoms with Crippen molar-refractivity contribution in [2.24, 2.45) is 5.73 Å². The maximum Gasteiger partial charge on any atom is 0.227 e. The van der Waals surface area contributed by atoms with Crippen molar-refractivity contribution in [1.29, 1.82) is 0 Å². The average Bonchev–Trinajstić information content (AvgIpc) is 2.32. The van der Waals surface area contributed by atoms with E-state index >= 15 is 0 Å². The molecule has 0 saturated carbocycles. The fraction of sp³-hybridized carbons (Fsp3) is 0.385. The summed E-state index contributed by atoms with van der Waals surface area (Å²) in [6.07, 6.45) is 0.688. The van der Waals surface area contributed by atoms with Crippen molar-refractivity contribution in [3.63, 3.8) is 0 Å². The third-order valence-electron chi connectivity index (χ3n) is 2.58. The Bertz CT molecular complexity index is 461. The molecular weight excluding hydrogens is 287 g/mol. The molecule has 0 aliphatic rings. The van der Waals surface area contributed by atoms with E-state index in [0.29, 0.717) is 6.54 Å². The molecule has 0 unspecified atom stereocenters. The molecule has 6 heteroatoms. The molecule has 1 aromatic rings. The number of carbonyl (C=O) groups excluding carboxylic acids is 1. The van der Waals surface area contributed by atoms with Gasteiger partial charge in [0.25, 0.3) is 0 Å². The van der Waals surface area contributed by atoms with Crippen LogP contribution in [0.15, 0.2) is 18.2 Å². The lowest BCUT2D eigenvalue weighted by atomic mass is 10.1. The van der Waals surface area contributed by atoms with Crippen LogP contribution < -0.4 is 5.73 Å². The van der Waals surface area contributed by atoms with Gasteiger partial charge in [0.05, 0.1) is 18.0 Å². The van der Waals surface area contributed by atoms with Gasteiger partial charge in [-0.15, -0.1) is 0 Å². The lowest BCUT2D eigenvalue weighted by Crippen LogP contribution is -2.39. The van der Waals surface area contributed by atoms with E-state index in [1.54, 1.807) is 6.07 Å². The first-order valence-corrected chi connectivity index (χ1v) is 6.73. The number of thiocarbonyl (C=S) groups is 1. The fourth-order valence-electron chi connectivity index (χ4n) is 1.71. The summed E-state index contributed by atoms with van der Waals surface area (Å²) in [7, 11) is 0. The predicted molar refractivity (Wildman–Crippen MR) is 78.8 cm³/mol. The van der Waals surface area contributed by atoms with Gasteiger partial charge in [-0.05, 0) is 18.6 Å². The van der Waals surface area contributed by atoms with E-state index in [9.17, 15) is 9.18 Å². The molecule has 0 heterocycles. The molecule has 1 amide bonds. The molecule has 0 atom stereocenters. The van der Waals surface area contributed by atoms with Crippen LogP contribution in [0.1, 0.15) is 18.9 Å². The first-order chi connectivity index (χ1) is 8.95. The highest BCUT2D eigenvalue weighted by atomic mass is 35.5. The van der Waals surface area contributed by atoms with Gasteiger partial charge in [0.2, 0.25) is 5.91 Å². The van der Waals surface area contributed by atoms with Gasteiger partial charge < -0.3 is 10.6 Å². The van der Waals surface area contributed by atoms with Crippen LogP contribution in [-0.4, -0.2) is 28.9 Å². The minimum absolute atomic E-state index is 0.0892. The first kappa shape index (κ1) is 15.9. The van der Waals surface area contributed by atoms with Crippen LogP contribution in [0.2, 0.25) is 5.02 Å².